The number of carbonyl (C=O) groups excluding carboxylic acids is 3. The predicted molar refractivity (Wildman–Crippen MR) is 117 cm³/mol. The molecule has 0 aromatic heterocycles. The molecule has 0 radical (unpaired) electrons. The number of nitrogens with zero attached hydrogens (tertiary/aromatic N) is 3. The van der Waals surface area contributed by atoms with Gasteiger partial charge in [-0.1, -0.05) is 17.7 Å². The summed E-state index contributed by atoms with van der Waals surface area (Å²) in [5.74, 6) is -0.131. The van der Waals surface area contributed by atoms with Crippen LogP contribution in [0.15, 0.2) is 48.5 Å². The summed E-state index contributed by atoms with van der Waals surface area (Å²) in [5.41, 5.74) is 3.77. The van der Waals surface area contributed by atoms with E-state index in [1.807, 2.05) is 60.4 Å². The van der Waals surface area contributed by atoms with Crippen LogP contribution in [0.5, 0.6) is 0 Å². The maximum Gasteiger partial charge on any atom is 0.228 e. The van der Waals surface area contributed by atoms with Crippen molar-refractivity contribution in [1.82, 2.24) is 4.90 Å². The molecule has 2 fully saturated rings. The summed E-state index contributed by atoms with van der Waals surface area (Å²) >= 11 is 0. The molecule has 0 bridgehead atoms. The lowest BCUT2D eigenvalue weighted by atomic mass is 10.1. The number of hydrogen-bond donors (Lipinski definition) is 0. The third-order valence-corrected chi connectivity index (χ3v) is 6.05. The van der Waals surface area contributed by atoms with Gasteiger partial charge in [0.15, 0.2) is 5.78 Å². The number of piperazine rings is 1. The lowest BCUT2D eigenvalue weighted by Crippen LogP contribution is -2.50. The minimum absolute atomic E-state index is 0.0152. The van der Waals surface area contributed by atoms with Gasteiger partial charge in [-0.2, -0.15) is 0 Å². The molecule has 4 rings (SSSR count). The van der Waals surface area contributed by atoms with Gasteiger partial charge in [-0.25, -0.2) is 0 Å². The van der Waals surface area contributed by atoms with Crippen LogP contribution in [0.3, 0.4) is 0 Å². The first kappa shape index (κ1) is 20.1. The smallest absolute Gasteiger partial charge is 0.228 e. The second kappa shape index (κ2) is 8.30. The van der Waals surface area contributed by atoms with Crippen molar-refractivity contribution < 1.29 is 14.4 Å². The Morgan fingerprint density at radius 1 is 0.867 bits per heavy atom. The molecule has 0 saturated carbocycles. The second-order valence-corrected chi connectivity index (χ2v) is 8.16. The summed E-state index contributed by atoms with van der Waals surface area (Å²) in [7, 11) is 0. The maximum absolute atomic E-state index is 13.0. The van der Waals surface area contributed by atoms with Crippen LogP contribution in [0.2, 0.25) is 0 Å². The van der Waals surface area contributed by atoms with Crippen molar-refractivity contribution >= 4 is 29.0 Å². The summed E-state index contributed by atoms with van der Waals surface area (Å²) in [6.45, 7) is 6.80. The number of benzene rings is 2. The van der Waals surface area contributed by atoms with Crippen molar-refractivity contribution in [3.63, 3.8) is 0 Å². The van der Waals surface area contributed by atoms with Gasteiger partial charge in [-0.3, -0.25) is 14.4 Å². The van der Waals surface area contributed by atoms with E-state index in [4.69, 9.17) is 0 Å². The van der Waals surface area contributed by atoms with Crippen molar-refractivity contribution in [1.29, 1.82) is 0 Å². The van der Waals surface area contributed by atoms with Gasteiger partial charge in [0.2, 0.25) is 11.8 Å². The minimum atomic E-state index is -0.278. The van der Waals surface area contributed by atoms with E-state index >= 15 is 0 Å². The molecule has 30 heavy (non-hydrogen) atoms. The number of aryl methyl sites for hydroxylation is 1. The SMILES string of the molecule is CC(=O)c1ccc(N2CCN(C(=O)[C@@H]3CC(=O)N(c4ccc(C)cc4)C3)CC2)cc1. The Hall–Kier alpha value is -3.15. The molecule has 2 aromatic carbocycles. The van der Waals surface area contributed by atoms with Crippen molar-refractivity contribution in [2.75, 3.05) is 42.5 Å². The Bertz CT molecular complexity index is 945. The molecular weight excluding hydrogens is 378 g/mol. The Kier molecular flexibility index (Phi) is 5.57. The number of amides is 2. The molecule has 0 spiro atoms. The Morgan fingerprint density at radius 3 is 2.07 bits per heavy atom. The van der Waals surface area contributed by atoms with Crippen LogP contribution in [0, 0.1) is 12.8 Å². The number of anilines is 2. The van der Waals surface area contributed by atoms with Gasteiger partial charge in [0.25, 0.3) is 0 Å². The maximum atomic E-state index is 13.0. The monoisotopic (exact) mass is 405 g/mol. The molecule has 6 nitrogen and oxygen atoms in total. The molecule has 2 saturated heterocycles. The van der Waals surface area contributed by atoms with Crippen molar-refractivity contribution in [2.24, 2.45) is 5.92 Å². The fourth-order valence-corrected chi connectivity index (χ4v) is 4.20. The lowest BCUT2D eigenvalue weighted by Gasteiger charge is -2.37. The zero-order valence-electron chi connectivity index (χ0n) is 17.5. The standard InChI is InChI=1S/C24H27N3O3/c1-17-3-7-22(8-4-17)27-16-20(15-23(27)29)24(30)26-13-11-25(12-14-26)21-9-5-19(6-10-21)18(2)28/h3-10,20H,11-16H2,1-2H3/t20-/m1/s1. The number of carbonyl (C=O) groups is 3. The third kappa shape index (κ3) is 4.08. The van der Waals surface area contributed by atoms with Crippen LogP contribution in [-0.4, -0.2) is 55.2 Å². The van der Waals surface area contributed by atoms with Crippen LogP contribution in [-0.2, 0) is 9.59 Å². The van der Waals surface area contributed by atoms with Gasteiger partial charge >= 0.3 is 0 Å². The predicted octanol–water partition coefficient (Wildman–Crippen LogP) is 2.90. The first-order chi connectivity index (χ1) is 14.4. The highest BCUT2D eigenvalue weighted by Gasteiger charge is 2.37. The molecule has 2 amide bonds. The van der Waals surface area contributed by atoms with Crippen LogP contribution in [0.4, 0.5) is 11.4 Å². The fourth-order valence-electron chi connectivity index (χ4n) is 4.20. The second-order valence-electron chi connectivity index (χ2n) is 8.16. The van der Waals surface area contributed by atoms with Crippen molar-refractivity contribution in [3.05, 3.63) is 59.7 Å². The largest absolute Gasteiger partial charge is 0.368 e. The molecule has 0 unspecified atom stereocenters. The van der Waals surface area contributed by atoms with Crippen LogP contribution in [0.1, 0.15) is 29.3 Å². The molecule has 2 heterocycles. The molecule has 6 heteroatoms. The van der Waals surface area contributed by atoms with Gasteiger partial charge in [-0.15, -0.1) is 0 Å². The zero-order chi connectivity index (χ0) is 21.3. The summed E-state index contributed by atoms with van der Waals surface area (Å²) in [5, 5.41) is 0. The first-order valence-corrected chi connectivity index (χ1v) is 10.4. The van der Waals surface area contributed by atoms with Crippen molar-refractivity contribution in [3.8, 4) is 0 Å². The van der Waals surface area contributed by atoms with E-state index in [-0.39, 0.29) is 29.9 Å². The van der Waals surface area contributed by atoms with E-state index in [2.05, 4.69) is 4.90 Å². The van der Waals surface area contributed by atoms with Crippen LogP contribution in [0.25, 0.3) is 0 Å². The van der Waals surface area contributed by atoms with Gasteiger partial charge in [0, 0.05) is 56.1 Å². The van der Waals surface area contributed by atoms with E-state index in [0.717, 1.165) is 30.0 Å². The average molecular weight is 405 g/mol. The minimum Gasteiger partial charge on any atom is -0.368 e. The number of ketones is 1. The van der Waals surface area contributed by atoms with Gasteiger partial charge in [0.1, 0.15) is 0 Å². The quantitative estimate of drug-likeness (QED) is 0.734. The summed E-state index contributed by atoms with van der Waals surface area (Å²) in [6.07, 6.45) is 0.277. The normalized spacial score (nSPS) is 19.3. The molecule has 0 N–H and O–H groups in total. The summed E-state index contributed by atoms with van der Waals surface area (Å²) in [4.78, 5) is 42.8. The molecule has 2 aliphatic heterocycles. The highest BCUT2D eigenvalue weighted by atomic mass is 16.2. The molecule has 2 aromatic rings. The van der Waals surface area contributed by atoms with Crippen molar-refractivity contribution in [2.45, 2.75) is 20.3 Å². The molecule has 156 valence electrons. The van der Waals surface area contributed by atoms with Gasteiger partial charge < -0.3 is 14.7 Å². The molecule has 0 aliphatic carbocycles. The molecular formula is C24H27N3O3. The highest BCUT2D eigenvalue weighted by molar-refractivity contribution is 6.00. The third-order valence-electron chi connectivity index (χ3n) is 6.05. The molecule has 1 atom stereocenters. The summed E-state index contributed by atoms with van der Waals surface area (Å²) in [6, 6.07) is 15.5. The van der Waals surface area contributed by atoms with Gasteiger partial charge in [-0.05, 0) is 50.2 Å². The first-order valence-electron chi connectivity index (χ1n) is 10.4. The Labute approximate surface area is 177 Å². The molecule has 2 aliphatic rings. The number of rotatable bonds is 4. The topological polar surface area (TPSA) is 60.9 Å². The fraction of sp³-hybridized carbons (Fsp3) is 0.375. The lowest BCUT2D eigenvalue weighted by molar-refractivity contribution is -0.136. The highest BCUT2D eigenvalue weighted by Crippen LogP contribution is 2.27. The van der Waals surface area contributed by atoms with Gasteiger partial charge in [0.05, 0.1) is 5.92 Å². The zero-order valence-corrected chi connectivity index (χ0v) is 17.5. The van der Waals surface area contributed by atoms with Crippen LogP contribution >= 0.6 is 0 Å². The Morgan fingerprint density at radius 2 is 1.47 bits per heavy atom. The van der Waals surface area contributed by atoms with E-state index in [1.54, 1.807) is 11.8 Å². The number of hydrogen-bond acceptors (Lipinski definition) is 4. The Balaban J connectivity index is 1.34. The summed E-state index contributed by atoms with van der Waals surface area (Å²) < 4.78 is 0. The number of Topliss-reactive ketones (excluding diaryl/α,β-unsaturated/α-hetero) is 1. The average Bonchev–Trinajstić information content (AvgIpc) is 3.15. The van der Waals surface area contributed by atoms with E-state index in [0.29, 0.717) is 25.2 Å². The van der Waals surface area contributed by atoms with E-state index in [9.17, 15) is 14.4 Å². The van der Waals surface area contributed by atoms with E-state index in [1.165, 1.54) is 0 Å². The van der Waals surface area contributed by atoms with Crippen LogP contribution < -0.4 is 9.80 Å². The van der Waals surface area contributed by atoms with E-state index < -0.39 is 0 Å².